The van der Waals surface area contributed by atoms with Crippen LogP contribution in [0.3, 0.4) is 0 Å². The van der Waals surface area contributed by atoms with E-state index in [1.165, 1.54) is 25.2 Å². The summed E-state index contributed by atoms with van der Waals surface area (Å²) in [7, 11) is -2.68. The molecule has 0 heterocycles. The van der Waals surface area contributed by atoms with Crippen molar-refractivity contribution in [2.45, 2.75) is 24.7 Å². The van der Waals surface area contributed by atoms with E-state index in [0.717, 1.165) is 29.2 Å². The fourth-order valence-corrected chi connectivity index (χ4v) is 3.57. The lowest BCUT2D eigenvalue weighted by Gasteiger charge is -2.20. The third kappa shape index (κ3) is 5.91. The van der Waals surface area contributed by atoms with Gasteiger partial charge in [-0.2, -0.15) is 0 Å². The predicted octanol–water partition coefficient (Wildman–Crippen LogP) is 3.29. The molecule has 2 aromatic carbocycles. The molecule has 0 fully saturated rings. The van der Waals surface area contributed by atoms with Crippen molar-refractivity contribution in [1.82, 2.24) is 9.62 Å². The predicted molar refractivity (Wildman–Crippen MR) is 96.2 cm³/mol. The maximum absolute atomic E-state index is 14.2. The molecule has 2 rings (SSSR count). The summed E-state index contributed by atoms with van der Waals surface area (Å²) < 4.78 is 82.1. The first kappa shape index (κ1) is 22.6. The lowest BCUT2D eigenvalue weighted by Crippen LogP contribution is -2.29. The molecule has 0 atom stereocenters. The Hall–Kier alpha value is -2.66. The number of carbonyl (C=O) groups excluding carboxylic acids is 1. The van der Waals surface area contributed by atoms with Gasteiger partial charge in [-0.25, -0.2) is 17.5 Å². The van der Waals surface area contributed by atoms with E-state index in [9.17, 15) is 30.8 Å². The molecule has 0 aliphatic carbocycles. The maximum atomic E-state index is 14.2. The quantitative estimate of drug-likeness (QED) is 0.679. The number of benzene rings is 2. The van der Waals surface area contributed by atoms with Gasteiger partial charge >= 0.3 is 6.36 Å². The van der Waals surface area contributed by atoms with Gasteiger partial charge in [-0.05, 0) is 24.3 Å². The Morgan fingerprint density at radius 1 is 1.17 bits per heavy atom. The minimum absolute atomic E-state index is 0.0394. The first-order valence-electron chi connectivity index (χ1n) is 8.33. The van der Waals surface area contributed by atoms with Crippen LogP contribution in [-0.2, 0) is 16.6 Å². The molecule has 0 saturated heterocycles. The molecule has 0 radical (unpaired) electrons. The summed E-state index contributed by atoms with van der Waals surface area (Å²) in [5.74, 6) is -2.36. The fraction of sp³-hybridized carbons (Fsp3) is 0.278. The van der Waals surface area contributed by atoms with Crippen molar-refractivity contribution in [2.75, 3.05) is 13.6 Å². The van der Waals surface area contributed by atoms with Gasteiger partial charge in [0.05, 0.1) is 10.5 Å². The number of ether oxygens (including phenoxy) is 1. The molecule has 1 amide bonds. The minimum Gasteiger partial charge on any atom is -0.405 e. The van der Waals surface area contributed by atoms with Crippen molar-refractivity contribution in [2.24, 2.45) is 0 Å². The van der Waals surface area contributed by atoms with Gasteiger partial charge < -0.3 is 9.64 Å². The number of carbonyl (C=O) groups is 1. The van der Waals surface area contributed by atoms with Crippen LogP contribution in [0.5, 0.6) is 5.75 Å². The Kier molecular flexibility index (Phi) is 6.85. The number of alkyl halides is 3. The van der Waals surface area contributed by atoms with Gasteiger partial charge in [0, 0.05) is 25.7 Å². The molecule has 0 aliphatic heterocycles. The zero-order valence-electron chi connectivity index (χ0n) is 15.5. The second-order valence-electron chi connectivity index (χ2n) is 5.96. The van der Waals surface area contributed by atoms with Crippen molar-refractivity contribution in [3.05, 3.63) is 59.4 Å². The number of nitrogens with one attached hydrogen (secondary N) is 1. The molecule has 0 saturated carbocycles. The smallest absolute Gasteiger partial charge is 0.405 e. The Labute approximate surface area is 165 Å². The highest BCUT2D eigenvalue weighted by molar-refractivity contribution is 7.89. The molecule has 2 aromatic rings. The summed E-state index contributed by atoms with van der Waals surface area (Å²) in [6, 6.07) is 7.94. The van der Waals surface area contributed by atoms with Crippen LogP contribution in [0.4, 0.5) is 17.6 Å². The van der Waals surface area contributed by atoms with Crippen LogP contribution in [0.15, 0.2) is 47.4 Å². The van der Waals surface area contributed by atoms with Crippen molar-refractivity contribution < 1.29 is 35.5 Å². The Morgan fingerprint density at radius 3 is 2.45 bits per heavy atom. The zero-order chi connectivity index (χ0) is 21.8. The van der Waals surface area contributed by atoms with Gasteiger partial charge in [0.1, 0.15) is 11.6 Å². The number of amides is 1. The molecular formula is C18H18F4N2O4S. The Balaban J connectivity index is 2.30. The van der Waals surface area contributed by atoms with E-state index in [-0.39, 0.29) is 23.5 Å². The number of sulfonamides is 1. The lowest BCUT2D eigenvalue weighted by atomic mass is 10.1. The van der Waals surface area contributed by atoms with Gasteiger partial charge in [-0.3, -0.25) is 4.79 Å². The summed E-state index contributed by atoms with van der Waals surface area (Å²) in [6.07, 6.45) is -4.92. The van der Waals surface area contributed by atoms with Gasteiger partial charge in [0.15, 0.2) is 0 Å². The highest BCUT2D eigenvalue weighted by atomic mass is 32.2. The maximum Gasteiger partial charge on any atom is 0.573 e. The van der Waals surface area contributed by atoms with Gasteiger partial charge in [0.25, 0.3) is 5.91 Å². The number of halogens is 4. The van der Waals surface area contributed by atoms with Crippen LogP contribution in [0.2, 0.25) is 0 Å². The SMILES string of the molecule is CCNS(=O)(=O)c1ccc(F)c(C(=O)N(C)Cc2ccccc2OC(F)(F)F)c1. The molecule has 0 spiro atoms. The molecular weight excluding hydrogens is 416 g/mol. The lowest BCUT2D eigenvalue weighted by molar-refractivity contribution is -0.275. The molecule has 0 bridgehead atoms. The minimum atomic E-state index is -4.92. The van der Waals surface area contributed by atoms with Crippen molar-refractivity contribution in [3.8, 4) is 5.75 Å². The molecule has 1 N–H and O–H groups in total. The molecule has 158 valence electrons. The Morgan fingerprint density at radius 2 is 1.83 bits per heavy atom. The van der Waals surface area contributed by atoms with E-state index in [0.29, 0.717) is 0 Å². The van der Waals surface area contributed by atoms with Gasteiger partial charge in [-0.1, -0.05) is 25.1 Å². The first-order valence-corrected chi connectivity index (χ1v) is 9.81. The van der Waals surface area contributed by atoms with Crippen molar-refractivity contribution >= 4 is 15.9 Å². The number of nitrogens with zero attached hydrogens (tertiary/aromatic N) is 1. The number of rotatable bonds is 7. The van der Waals surface area contributed by atoms with Crippen molar-refractivity contribution in [3.63, 3.8) is 0 Å². The van der Waals surface area contributed by atoms with E-state index in [1.807, 2.05) is 0 Å². The fourth-order valence-electron chi connectivity index (χ4n) is 2.50. The topological polar surface area (TPSA) is 75.7 Å². The highest BCUT2D eigenvalue weighted by Gasteiger charge is 2.32. The highest BCUT2D eigenvalue weighted by Crippen LogP contribution is 2.27. The number of para-hydroxylation sites is 1. The van der Waals surface area contributed by atoms with Crippen LogP contribution in [0, 0.1) is 5.82 Å². The van der Waals surface area contributed by atoms with Crippen LogP contribution in [0.1, 0.15) is 22.8 Å². The van der Waals surface area contributed by atoms with E-state index in [1.54, 1.807) is 6.92 Å². The molecule has 0 unspecified atom stereocenters. The standard InChI is InChI=1S/C18H18F4N2O4S/c1-3-23-29(26,27)13-8-9-15(19)14(10-13)17(25)24(2)11-12-6-4-5-7-16(12)28-18(20,21)22/h4-10,23H,3,11H2,1-2H3. The van der Waals surface area contributed by atoms with E-state index < -0.39 is 39.4 Å². The summed E-state index contributed by atoms with van der Waals surface area (Å²) >= 11 is 0. The molecule has 6 nitrogen and oxygen atoms in total. The van der Waals surface area contributed by atoms with Gasteiger partial charge in [0.2, 0.25) is 10.0 Å². The van der Waals surface area contributed by atoms with E-state index in [2.05, 4.69) is 9.46 Å². The average molecular weight is 434 g/mol. The van der Waals surface area contributed by atoms with Crippen LogP contribution in [0.25, 0.3) is 0 Å². The third-order valence-corrected chi connectivity index (χ3v) is 5.31. The molecule has 29 heavy (non-hydrogen) atoms. The van der Waals surface area contributed by atoms with Gasteiger partial charge in [-0.15, -0.1) is 13.2 Å². The number of hydrogen-bond donors (Lipinski definition) is 1. The largest absolute Gasteiger partial charge is 0.573 e. The normalized spacial score (nSPS) is 11.9. The van der Waals surface area contributed by atoms with Crippen LogP contribution in [-0.4, -0.2) is 39.2 Å². The summed E-state index contributed by atoms with van der Waals surface area (Å²) in [4.78, 5) is 13.3. The second kappa shape index (κ2) is 8.78. The van der Waals surface area contributed by atoms with E-state index in [4.69, 9.17) is 0 Å². The second-order valence-corrected chi connectivity index (χ2v) is 7.73. The Bertz CT molecular complexity index is 994. The van der Waals surface area contributed by atoms with Crippen LogP contribution < -0.4 is 9.46 Å². The van der Waals surface area contributed by atoms with Crippen LogP contribution >= 0.6 is 0 Å². The van der Waals surface area contributed by atoms with Crippen molar-refractivity contribution in [1.29, 1.82) is 0 Å². The van der Waals surface area contributed by atoms with E-state index >= 15 is 0 Å². The summed E-state index contributed by atoms with van der Waals surface area (Å²) in [5, 5.41) is 0. The molecule has 0 aromatic heterocycles. The monoisotopic (exact) mass is 434 g/mol. The third-order valence-electron chi connectivity index (χ3n) is 3.77. The summed E-state index contributed by atoms with van der Waals surface area (Å²) in [5.41, 5.74) is -0.488. The molecule has 0 aliphatic rings. The summed E-state index contributed by atoms with van der Waals surface area (Å²) in [6.45, 7) is 1.33. The zero-order valence-corrected chi connectivity index (χ0v) is 16.3. The molecule has 11 heteroatoms. The first-order chi connectivity index (χ1) is 13.4. The number of hydrogen-bond acceptors (Lipinski definition) is 4. The average Bonchev–Trinajstić information content (AvgIpc) is 2.61.